The molecule has 0 aromatic heterocycles. The highest BCUT2D eigenvalue weighted by atomic mass is 16.5. The summed E-state index contributed by atoms with van der Waals surface area (Å²) >= 11 is 0. The van der Waals surface area contributed by atoms with Crippen LogP contribution in [0.4, 0.5) is 0 Å². The van der Waals surface area contributed by atoms with Crippen molar-refractivity contribution in [3.05, 3.63) is 60.2 Å². The van der Waals surface area contributed by atoms with Gasteiger partial charge in [-0.1, -0.05) is 30.3 Å². The highest BCUT2D eigenvalue weighted by molar-refractivity contribution is 5.92. The summed E-state index contributed by atoms with van der Waals surface area (Å²) in [7, 11) is 0. The lowest BCUT2D eigenvalue weighted by molar-refractivity contribution is 0.0523. The SMILES string of the molecule is CCOC(=O)c1ccccc1Oc1ccccc1. The second kappa shape index (κ2) is 5.87. The molecule has 0 spiro atoms. The first-order valence-corrected chi connectivity index (χ1v) is 5.80. The number of hydrogen-bond donors (Lipinski definition) is 0. The number of hydrogen-bond acceptors (Lipinski definition) is 3. The number of carbonyl (C=O) groups is 1. The summed E-state index contributed by atoms with van der Waals surface area (Å²) in [6.07, 6.45) is 0. The van der Waals surface area contributed by atoms with Crippen molar-refractivity contribution in [1.29, 1.82) is 0 Å². The van der Waals surface area contributed by atoms with Crippen molar-refractivity contribution in [2.45, 2.75) is 6.92 Å². The van der Waals surface area contributed by atoms with Gasteiger partial charge in [0.05, 0.1) is 6.61 Å². The van der Waals surface area contributed by atoms with Crippen molar-refractivity contribution in [3.63, 3.8) is 0 Å². The minimum absolute atomic E-state index is 0.346. The van der Waals surface area contributed by atoms with Crippen LogP contribution in [0.15, 0.2) is 54.6 Å². The van der Waals surface area contributed by atoms with E-state index in [9.17, 15) is 4.79 Å². The van der Waals surface area contributed by atoms with Crippen LogP contribution in [-0.4, -0.2) is 12.6 Å². The predicted octanol–water partition coefficient (Wildman–Crippen LogP) is 3.66. The molecule has 0 bridgehead atoms. The van der Waals surface area contributed by atoms with Crippen molar-refractivity contribution in [3.8, 4) is 11.5 Å². The largest absolute Gasteiger partial charge is 0.462 e. The molecular weight excluding hydrogens is 228 g/mol. The first-order chi connectivity index (χ1) is 8.81. The van der Waals surface area contributed by atoms with Crippen LogP contribution in [0.1, 0.15) is 17.3 Å². The van der Waals surface area contributed by atoms with Gasteiger partial charge in [-0.2, -0.15) is 0 Å². The maximum Gasteiger partial charge on any atom is 0.341 e. The molecule has 2 rings (SSSR count). The molecule has 0 atom stereocenters. The van der Waals surface area contributed by atoms with E-state index >= 15 is 0 Å². The Hall–Kier alpha value is -2.29. The van der Waals surface area contributed by atoms with Gasteiger partial charge in [-0.05, 0) is 31.2 Å². The standard InChI is InChI=1S/C15H14O3/c1-2-17-15(16)13-10-6-7-11-14(13)18-12-8-4-3-5-9-12/h3-11H,2H2,1H3. The van der Waals surface area contributed by atoms with Gasteiger partial charge in [-0.25, -0.2) is 4.79 Å². The Bertz CT molecular complexity index is 520. The van der Waals surface area contributed by atoms with Crippen molar-refractivity contribution >= 4 is 5.97 Å². The first-order valence-electron chi connectivity index (χ1n) is 5.80. The predicted molar refractivity (Wildman–Crippen MR) is 68.9 cm³/mol. The Morgan fingerprint density at radius 3 is 2.39 bits per heavy atom. The summed E-state index contributed by atoms with van der Waals surface area (Å²) in [6, 6.07) is 16.4. The van der Waals surface area contributed by atoms with Crippen LogP contribution >= 0.6 is 0 Å². The van der Waals surface area contributed by atoms with Gasteiger partial charge in [0.25, 0.3) is 0 Å². The first kappa shape index (κ1) is 12.2. The van der Waals surface area contributed by atoms with Gasteiger partial charge >= 0.3 is 5.97 Å². The molecule has 0 N–H and O–H groups in total. The molecule has 0 aliphatic carbocycles. The average molecular weight is 242 g/mol. The lowest BCUT2D eigenvalue weighted by Crippen LogP contribution is -2.06. The van der Waals surface area contributed by atoms with Crippen LogP contribution in [0.3, 0.4) is 0 Å². The Kier molecular flexibility index (Phi) is 3.97. The van der Waals surface area contributed by atoms with E-state index in [-0.39, 0.29) is 5.97 Å². The molecule has 0 fully saturated rings. The minimum Gasteiger partial charge on any atom is -0.462 e. The average Bonchev–Trinajstić information content (AvgIpc) is 2.41. The lowest BCUT2D eigenvalue weighted by Gasteiger charge is -2.10. The molecular formula is C15H14O3. The van der Waals surface area contributed by atoms with Gasteiger partial charge in [0.15, 0.2) is 0 Å². The molecule has 0 saturated heterocycles. The second-order valence-electron chi connectivity index (χ2n) is 3.63. The second-order valence-corrected chi connectivity index (χ2v) is 3.63. The zero-order chi connectivity index (χ0) is 12.8. The third-order valence-electron chi connectivity index (χ3n) is 2.35. The van der Waals surface area contributed by atoms with Crippen LogP contribution < -0.4 is 4.74 Å². The molecule has 0 unspecified atom stereocenters. The number of para-hydroxylation sites is 2. The topological polar surface area (TPSA) is 35.5 Å². The molecule has 2 aromatic carbocycles. The Labute approximate surface area is 106 Å². The van der Waals surface area contributed by atoms with Crippen LogP contribution in [0.25, 0.3) is 0 Å². The molecule has 3 heteroatoms. The monoisotopic (exact) mass is 242 g/mol. The Balaban J connectivity index is 2.25. The van der Waals surface area contributed by atoms with E-state index in [1.165, 1.54) is 0 Å². The normalized spacial score (nSPS) is 9.83. The number of esters is 1. The van der Waals surface area contributed by atoms with E-state index in [1.54, 1.807) is 25.1 Å². The Morgan fingerprint density at radius 1 is 1.00 bits per heavy atom. The summed E-state index contributed by atoms with van der Waals surface area (Å²) in [6.45, 7) is 2.12. The summed E-state index contributed by atoms with van der Waals surface area (Å²) in [5, 5.41) is 0. The molecule has 0 saturated carbocycles. The van der Waals surface area contributed by atoms with Gasteiger partial charge in [-0.15, -0.1) is 0 Å². The van der Waals surface area contributed by atoms with Crippen LogP contribution in [-0.2, 0) is 4.74 Å². The summed E-state index contributed by atoms with van der Waals surface area (Å²) in [5.74, 6) is 0.820. The molecule has 0 heterocycles. The quantitative estimate of drug-likeness (QED) is 0.767. The zero-order valence-corrected chi connectivity index (χ0v) is 10.1. The number of benzene rings is 2. The highest BCUT2D eigenvalue weighted by Crippen LogP contribution is 2.25. The molecule has 3 nitrogen and oxygen atoms in total. The van der Waals surface area contributed by atoms with Gasteiger partial charge < -0.3 is 9.47 Å². The van der Waals surface area contributed by atoms with Gasteiger partial charge in [0.2, 0.25) is 0 Å². The smallest absolute Gasteiger partial charge is 0.341 e. The molecule has 18 heavy (non-hydrogen) atoms. The molecule has 0 radical (unpaired) electrons. The molecule has 2 aromatic rings. The molecule has 0 amide bonds. The van der Waals surface area contributed by atoms with Gasteiger partial charge in [0.1, 0.15) is 17.1 Å². The molecule has 0 aliphatic rings. The fourth-order valence-corrected chi connectivity index (χ4v) is 1.55. The third-order valence-corrected chi connectivity index (χ3v) is 2.35. The third kappa shape index (κ3) is 2.88. The zero-order valence-electron chi connectivity index (χ0n) is 10.1. The van der Waals surface area contributed by atoms with E-state index in [2.05, 4.69) is 0 Å². The Morgan fingerprint density at radius 2 is 1.67 bits per heavy atom. The lowest BCUT2D eigenvalue weighted by atomic mass is 10.2. The van der Waals surface area contributed by atoms with Crippen molar-refractivity contribution in [2.75, 3.05) is 6.61 Å². The van der Waals surface area contributed by atoms with Gasteiger partial charge in [0, 0.05) is 0 Å². The van der Waals surface area contributed by atoms with Gasteiger partial charge in [-0.3, -0.25) is 0 Å². The highest BCUT2D eigenvalue weighted by Gasteiger charge is 2.13. The number of rotatable bonds is 4. The maximum absolute atomic E-state index is 11.8. The van der Waals surface area contributed by atoms with E-state index < -0.39 is 0 Å². The maximum atomic E-state index is 11.8. The van der Waals surface area contributed by atoms with Crippen molar-refractivity contribution in [1.82, 2.24) is 0 Å². The van der Waals surface area contributed by atoms with Crippen LogP contribution in [0.5, 0.6) is 11.5 Å². The minimum atomic E-state index is -0.371. The fraction of sp³-hybridized carbons (Fsp3) is 0.133. The molecule has 92 valence electrons. The van der Waals surface area contributed by atoms with E-state index in [0.29, 0.717) is 23.7 Å². The van der Waals surface area contributed by atoms with E-state index in [1.807, 2.05) is 36.4 Å². The fourth-order valence-electron chi connectivity index (χ4n) is 1.55. The summed E-state index contributed by atoms with van der Waals surface area (Å²) < 4.78 is 10.7. The number of ether oxygens (including phenoxy) is 2. The van der Waals surface area contributed by atoms with Crippen LogP contribution in [0.2, 0.25) is 0 Å². The summed E-state index contributed by atoms with van der Waals surface area (Å²) in [4.78, 5) is 11.8. The van der Waals surface area contributed by atoms with Crippen molar-refractivity contribution in [2.24, 2.45) is 0 Å². The van der Waals surface area contributed by atoms with Crippen molar-refractivity contribution < 1.29 is 14.3 Å². The number of carbonyl (C=O) groups excluding carboxylic acids is 1. The van der Waals surface area contributed by atoms with Crippen LogP contribution in [0, 0.1) is 0 Å². The van der Waals surface area contributed by atoms with E-state index in [4.69, 9.17) is 9.47 Å². The van der Waals surface area contributed by atoms with E-state index in [0.717, 1.165) is 0 Å². The molecule has 0 aliphatic heterocycles. The summed E-state index contributed by atoms with van der Waals surface area (Å²) in [5.41, 5.74) is 0.434.